The van der Waals surface area contributed by atoms with Crippen molar-refractivity contribution in [2.45, 2.75) is 39.0 Å². The summed E-state index contributed by atoms with van der Waals surface area (Å²) in [5.41, 5.74) is 0. The van der Waals surface area contributed by atoms with Crippen molar-refractivity contribution in [1.29, 1.82) is 0 Å². The molecule has 1 aliphatic heterocycles. The molecule has 0 saturated carbocycles. The summed E-state index contributed by atoms with van der Waals surface area (Å²) in [6.07, 6.45) is 2.32. The van der Waals surface area contributed by atoms with E-state index in [0.29, 0.717) is 34.6 Å². The number of halogens is 1. The minimum Gasteiger partial charge on any atom is -0.481 e. The van der Waals surface area contributed by atoms with Gasteiger partial charge < -0.3 is 14.8 Å². The molecular formula is C16H20ClN5O3S. The van der Waals surface area contributed by atoms with Crippen molar-refractivity contribution < 1.29 is 14.3 Å². The van der Waals surface area contributed by atoms with Crippen molar-refractivity contribution in [1.82, 2.24) is 19.9 Å². The monoisotopic (exact) mass is 397 g/mol. The van der Waals surface area contributed by atoms with Crippen LogP contribution in [0.15, 0.2) is 12.4 Å². The second-order valence-corrected chi connectivity index (χ2v) is 7.51. The SMILES string of the molecule is COc1cc(O[C@@H]2C[C@H](C)N(Cc3sc(NC(C)=O)nc3Cl)C2)ncn1. The van der Waals surface area contributed by atoms with Crippen molar-refractivity contribution in [3.63, 3.8) is 0 Å². The number of nitrogens with one attached hydrogen (secondary N) is 1. The number of aromatic nitrogens is 3. The van der Waals surface area contributed by atoms with Crippen LogP contribution in [0.2, 0.25) is 5.15 Å². The first-order valence-corrected chi connectivity index (χ1v) is 9.33. The number of methoxy groups -OCH3 is 1. The van der Waals surface area contributed by atoms with Crippen LogP contribution >= 0.6 is 22.9 Å². The highest BCUT2D eigenvalue weighted by Crippen LogP contribution is 2.31. The Bertz CT molecular complexity index is 787. The van der Waals surface area contributed by atoms with E-state index in [4.69, 9.17) is 21.1 Å². The van der Waals surface area contributed by atoms with Crippen molar-refractivity contribution in [2.75, 3.05) is 19.0 Å². The smallest absolute Gasteiger partial charge is 0.223 e. The molecule has 1 N–H and O–H groups in total. The Balaban J connectivity index is 1.62. The minimum atomic E-state index is -0.162. The van der Waals surface area contributed by atoms with Gasteiger partial charge in [0.15, 0.2) is 5.13 Å². The first-order chi connectivity index (χ1) is 12.4. The van der Waals surface area contributed by atoms with E-state index in [0.717, 1.165) is 17.8 Å². The van der Waals surface area contributed by atoms with Crippen molar-refractivity contribution in [3.05, 3.63) is 22.4 Å². The molecule has 0 aromatic carbocycles. The van der Waals surface area contributed by atoms with Crippen LogP contribution in [0, 0.1) is 0 Å². The molecular weight excluding hydrogens is 378 g/mol. The molecule has 0 bridgehead atoms. The van der Waals surface area contributed by atoms with Gasteiger partial charge in [-0.3, -0.25) is 9.69 Å². The van der Waals surface area contributed by atoms with Gasteiger partial charge >= 0.3 is 0 Å². The number of carbonyl (C=O) groups is 1. The zero-order chi connectivity index (χ0) is 18.7. The molecule has 2 atom stereocenters. The normalized spacial score (nSPS) is 20.2. The fourth-order valence-corrected chi connectivity index (χ4v) is 4.08. The van der Waals surface area contributed by atoms with E-state index >= 15 is 0 Å². The lowest BCUT2D eigenvalue weighted by atomic mass is 10.2. The lowest BCUT2D eigenvalue weighted by Gasteiger charge is -2.19. The Hall–Kier alpha value is -1.97. The average molecular weight is 398 g/mol. The summed E-state index contributed by atoms with van der Waals surface area (Å²) in [5, 5.41) is 3.61. The Morgan fingerprint density at radius 1 is 1.46 bits per heavy atom. The molecule has 1 saturated heterocycles. The molecule has 1 aliphatic rings. The number of amides is 1. The van der Waals surface area contributed by atoms with E-state index in [9.17, 15) is 4.79 Å². The van der Waals surface area contributed by atoms with Crippen LogP contribution in [0.3, 0.4) is 0 Å². The van der Waals surface area contributed by atoms with Crippen molar-refractivity contribution >= 4 is 34.0 Å². The fraction of sp³-hybridized carbons (Fsp3) is 0.500. The third kappa shape index (κ3) is 4.60. The van der Waals surface area contributed by atoms with Crippen LogP contribution in [0.1, 0.15) is 25.1 Å². The highest BCUT2D eigenvalue weighted by Gasteiger charge is 2.31. The highest BCUT2D eigenvalue weighted by atomic mass is 35.5. The number of carbonyl (C=O) groups excluding carboxylic acids is 1. The molecule has 0 unspecified atom stereocenters. The molecule has 2 aromatic heterocycles. The summed E-state index contributed by atoms with van der Waals surface area (Å²) >= 11 is 7.61. The van der Waals surface area contributed by atoms with Crippen LogP contribution in [0.5, 0.6) is 11.8 Å². The molecule has 0 radical (unpaired) electrons. The predicted molar refractivity (Wildman–Crippen MR) is 98.9 cm³/mol. The lowest BCUT2D eigenvalue weighted by Crippen LogP contribution is -2.27. The molecule has 3 heterocycles. The molecule has 26 heavy (non-hydrogen) atoms. The lowest BCUT2D eigenvalue weighted by molar-refractivity contribution is -0.114. The van der Waals surface area contributed by atoms with Crippen LogP contribution in [-0.2, 0) is 11.3 Å². The van der Waals surface area contributed by atoms with E-state index < -0.39 is 0 Å². The second-order valence-electron chi connectivity index (χ2n) is 6.07. The predicted octanol–water partition coefficient (Wildman–Crippen LogP) is 2.60. The van der Waals surface area contributed by atoms with Gasteiger partial charge in [-0.05, 0) is 6.92 Å². The zero-order valence-corrected chi connectivity index (χ0v) is 16.3. The summed E-state index contributed by atoms with van der Waals surface area (Å²) in [7, 11) is 1.56. The van der Waals surface area contributed by atoms with Gasteiger partial charge in [-0.15, -0.1) is 0 Å². The van der Waals surface area contributed by atoms with Gasteiger partial charge in [0.1, 0.15) is 17.6 Å². The average Bonchev–Trinajstić information content (AvgIpc) is 3.09. The number of hydrogen-bond donors (Lipinski definition) is 1. The summed E-state index contributed by atoms with van der Waals surface area (Å²) in [5.74, 6) is 0.810. The minimum absolute atomic E-state index is 0.0196. The Kier molecular flexibility index (Phi) is 5.90. The second kappa shape index (κ2) is 8.15. The molecule has 3 rings (SSSR count). The van der Waals surface area contributed by atoms with E-state index in [1.54, 1.807) is 13.2 Å². The first-order valence-electron chi connectivity index (χ1n) is 8.14. The van der Waals surface area contributed by atoms with Crippen LogP contribution < -0.4 is 14.8 Å². The van der Waals surface area contributed by atoms with Gasteiger partial charge in [0, 0.05) is 32.5 Å². The molecule has 1 fully saturated rings. The zero-order valence-electron chi connectivity index (χ0n) is 14.7. The van der Waals surface area contributed by atoms with Gasteiger partial charge in [-0.2, -0.15) is 0 Å². The summed E-state index contributed by atoms with van der Waals surface area (Å²) in [6, 6.07) is 2.00. The fourth-order valence-electron chi connectivity index (χ4n) is 2.84. The maximum absolute atomic E-state index is 11.2. The van der Waals surface area contributed by atoms with Crippen molar-refractivity contribution in [3.8, 4) is 11.8 Å². The number of likely N-dealkylation sites (tertiary alicyclic amines) is 1. The van der Waals surface area contributed by atoms with Gasteiger partial charge in [-0.1, -0.05) is 22.9 Å². The van der Waals surface area contributed by atoms with E-state index in [2.05, 4.69) is 32.1 Å². The summed E-state index contributed by atoms with van der Waals surface area (Å²) in [6.45, 7) is 5.00. The molecule has 0 spiro atoms. The number of hydrogen-bond acceptors (Lipinski definition) is 8. The highest BCUT2D eigenvalue weighted by molar-refractivity contribution is 7.16. The van der Waals surface area contributed by atoms with Gasteiger partial charge in [0.2, 0.25) is 17.7 Å². The summed E-state index contributed by atoms with van der Waals surface area (Å²) in [4.78, 5) is 26.7. The number of nitrogens with zero attached hydrogens (tertiary/aromatic N) is 4. The molecule has 8 nitrogen and oxygen atoms in total. The molecule has 140 valence electrons. The maximum atomic E-state index is 11.2. The number of rotatable bonds is 6. The third-order valence-electron chi connectivity index (χ3n) is 4.06. The van der Waals surface area contributed by atoms with Crippen LogP contribution in [0.25, 0.3) is 0 Å². The van der Waals surface area contributed by atoms with Crippen LogP contribution in [0.4, 0.5) is 5.13 Å². The largest absolute Gasteiger partial charge is 0.481 e. The van der Waals surface area contributed by atoms with Crippen molar-refractivity contribution in [2.24, 2.45) is 0 Å². The number of thiazole rings is 1. The molecule has 1 amide bonds. The maximum Gasteiger partial charge on any atom is 0.223 e. The molecule has 10 heteroatoms. The standard InChI is InChI=1S/C16H20ClN5O3S/c1-9-4-11(25-14-5-13(24-3)18-8-19-14)6-22(9)7-12-15(17)21-16(26-12)20-10(2)23/h5,8-9,11H,4,6-7H2,1-3H3,(H,20,21,23)/t9-,11+/m0/s1. The third-order valence-corrected chi connectivity index (χ3v) is 5.44. The first kappa shape index (κ1) is 18.8. The van der Waals surface area contributed by atoms with E-state index in [1.807, 2.05) is 0 Å². The number of anilines is 1. The quantitative estimate of drug-likeness (QED) is 0.801. The van der Waals surface area contributed by atoms with Crippen LogP contribution in [-0.4, -0.2) is 51.6 Å². The van der Waals surface area contributed by atoms with Gasteiger partial charge in [0.05, 0.1) is 18.1 Å². The Morgan fingerprint density at radius 3 is 2.96 bits per heavy atom. The Morgan fingerprint density at radius 2 is 2.23 bits per heavy atom. The van der Waals surface area contributed by atoms with E-state index in [1.165, 1.54) is 24.6 Å². The van der Waals surface area contributed by atoms with Gasteiger partial charge in [0.25, 0.3) is 0 Å². The molecule has 0 aliphatic carbocycles. The van der Waals surface area contributed by atoms with E-state index in [-0.39, 0.29) is 12.0 Å². The topological polar surface area (TPSA) is 89.5 Å². The molecule has 2 aromatic rings. The summed E-state index contributed by atoms with van der Waals surface area (Å²) < 4.78 is 11.1. The Labute approximate surface area is 160 Å². The van der Waals surface area contributed by atoms with Gasteiger partial charge in [-0.25, -0.2) is 15.0 Å². The number of ether oxygens (including phenoxy) is 2.